The summed E-state index contributed by atoms with van der Waals surface area (Å²) in [5, 5.41) is 2.41. The maximum atomic E-state index is 13.8. The average molecular weight is 724 g/mol. The summed E-state index contributed by atoms with van der Waals surface area (Å²) in [4.78, 5) is 64.9. The van der Waals surface area contributed by atoms with E-state index in [0.717, 1.165) is 4.67 Å². The summed E-state index contributed by atoms with van der Waals surface area (Å²) in [6.45, 7) is 8.44. The van der Waals surface area contributed by atoms with Crippen LogP contribution in [0.3, 0.4) is 0 Å². The van der Waals surface area contributed by atoms with Crippen LogP contribution in [-0.4, -0.2) is 95.5 Å². The maximum absolute atomic E-state index is 13.8. The van der Waals surface area contributed by atoms with Crippen molar-refractivity contribution in [3.63, 3.8) is 0 Å². The monoisotopic (exact) mass is 722 g/mol. The molecule has 1 rings (SSSR count). The fourth-order valence-corrected chi connectivity index (χ4v) is 5.63. The minimum atomic E-state index is -4.68. The summed E-state index contributed by atoms with van der Waals surface area (Å²) >= 11 is 11.9. The van der Waals surface area contributed by atoms with E-state index in [1.807, 2.05) is 0 Å². The van der Waals surface area contributed by atoms with Crippen LogP contribution in [0.4, 0.5) is 0 Å². The summed E-state index contributed by atoms with van der Waals surface area (Å²) in [5.41, 5.74) is -5.61. The van der Waals surface area contributed by atoms with Crippen LogP contribution >= 0.6 is 30.9 Å². The smallest absolute Gasteiger partial charge is 0.343 e. The first kappa shape index (κ1) is 35.8. The first-order valence-electron chi connectivity index (χ1n) is 17.4. The molecule has 0 saturated carbocycles. The number of rotatable bonds is 12. The van der Waals surface area contributed by atoms with Crippen LogP contribution in [0.2, 0.25) is 0 Å². The molecule has 0 aromatic heterocycles. The molecule has 2 N–H and O–H groups in total. The van der Waals surface area contributed by atoms with Gasteiger partial charge >= 0.3 is 31.5 Å². The predicted molar refractivity (Wildman–Crippen MR) is 173 cm³/mol. The highest BCUT2D eigenvalue weighted by Crippen LogP contribution is 2.46. The van der Waals surface area contributed by atoms with Crippen LogP contribution in [0.1, 0.15) is 88.5 Å². The third kappa shape index (κ3) is 12.2. The molecule has 0 spiro atoms. The molecule has 16 heteroatoms. The standard InChI is InChI=1S/C30H53Cl2N2O11P/c1-27(2,3)23(35)41-17-18-19(43-24(36)28(4,5)6)20(44-25(37)29(7,8)9)21(45-26(38)30(10,11)12)22(42-18)34(16-14-32)46(39,40)33-15-13-31/h18-22H,13-17H2,1-12H3,(H2,33,39,40)/t18-,19-,20+,21-,22?/m1/s1/i1D,4D,7D,10D. The Hall–Kier alpha value is -1.47. The van der Waals surface area contributed by atoms with Crippen molar-refractivity contribution in [1.29, 1.82) is 0 Å². The van der Waals surface area contributed by atoms with Gasteiger partial charge in [0.15, 0.2) is 24.5 Å². The molecule has 0 aromatic carbocycles. The number of esters is 4. The number of halogens is 2. The summed E-state index contributed by atoms with van der Waals surface area (Å²) in [6, 6.07) is 0. The number of carbonyl (C=O) groups excluding carboxylic acids is 4. The van der Waals surface area contributed by atoms with Gasteiger partial charge in [-0.25, -0.2) is 5.09 Å². The number of nitrogens with one attached hydrogen (secondary N) is 1. The van der Waals surface area contributed by atoms with Gasteiger partial charge in [-0.05, 0) is 83.0 Å². The zero-order valence-corrected chi connectivity index (χ0v) is 30.3. The SMILES string of the molecule is [2H]CC(C)(C)C(=O)OC[C@H]1OC(N(CCCl)P(=O)(O)NCCCl)[C@H](OC(=O)C(C)(C)C[2H])[C@@H](OC(=O)C(C)(C)C[2H])[C@@H]1OC(=O)C(C)(C)C[2H]. The van der Waals surface area contributed by atoms with Crippen molar-refractivity contribution in [2.24, 2.45) is 21.7 Å². The van der Waals surface area contributed by atoms with Crippen molar-refractivity contribution < 1.29 is 57.8 Å². The zero-order valence-electron chi connectivity index (χ0n) is 31.9. The molecule has 0 radical (unpaired) electrons. The van der Waals surface area contributed by atoms with E-state index in [4.69, 9.17) is 52.4 Å². The molecule has 13 nitrogen and oxygen atoms in total. The quantitative estimate of drug-likeness (QED) is 0.124. The van der Waals surface area contributed by atoms with Gasteiger partial charge in [0.2, 0.25) is 0 Å². The van der Waals surface area contributed by atoms with E-state index in [0.29, 0.717) is 0 Å². The second-order valence-corrected chi connectivity index (χ2v) is 16.5. The Labute approximate surface area is 288 Å². The molecule has 1 saturated heterocycles. The lowest BCUT2D eigenvalue weighted by molar-refractivity contribution is -0.276. The molecule has 46 heavy (non-hydrogen) atoms. The molecule has 6 atom stereocenters. The highest BCUT2D eigenvalue weighted by Gasteiger charge is 2.57. The Bertz CT molecular complexity index is 1230. The van der Waals surface area contributed by atoms with Crippen LogP contribution in [-0.2, 0) is 47.4 Å². The molecule has 1 aliphatic heterocycles. The Morgan fingerprint density at radius 3 is 1.65 bits per heavy atom. The third-order valence-electron chi connectivity index (χ3n) is 6.30. The largest absolute Gasteiger partial charge is 0.462 e. The topological polar surface area (TPSA) is 167 Å². The van der Waals surface area contributed by atoms with Gasteiger partial charge in [-0.15, -0.1) is 23.2 Å². The normalized spacial score (nSPS) is 25.3. The van der Waals surface area contributed by atoms with Crippen LogP contribution in [0.5, 0.6) is 0 Å². The molecule has 0 amide bonds. The molecule has 268 valence electrons. The van der Waals surface area contributed by atoms with Gasteiger partial charge in [0, 0.05) is 30.3 Å². The van der Waals surface area contributed by atoms with E-state index in [-0.39, 0.29) is 25.2 Å². The predicted octanol–water partition coefficient (Wildman–Crippen LogP) is 4.64. The van der Waals surface area contributed by atoms with Crippen LogP contribution < -0.4 is 5.09 Å². The number of ether oxygens (including phenoxy) is 5. The van der Waals surface area contributed by atoms with E-state index >= 15 is 0 Å². The number of carbonyl (C=O) groups is 4. The number of alkyl halides is 2. The lowest BCUT2D eigenvalue weighted by atomic mass is 9.92. The average Bonchev–Trinajstić information content (AvgIpc) is 3.06. The molecule has 1 heterocycles. The van der Waals surface area contributed by atoms with Gasteiger partial charge in [0.05, 0.1) is 21.7 Å². The molecule has 1 aliphatic rings. The van der Waals surface area contributed by atoms with Crippen LogP contribution in [0.15, 0.2) is 0 Å². The molecule has 0 aliphatic carbocycles. The molecule has 0 aromatic rings. The zero-order chi connectivity index (χ0) is 38.9. The van der Waals surface area contributed by atoms with Crippen molar-refractivity contribution >= 4 is 54.7 Å². The van der Waals surface area contributed by atoms with Gasteiger partial charge < -0.3 is 28.6 Å². The van der Waals surface area contributed by atoms with Crippen LogP contribution in [0, 0.1) is 21.7 Å². The van der Waals surface area contributed by atoms with Crippen molar-refractivity contribution in [2.75, 3.05) is 31.5 Å². The molecular weight excluding hydrogens is 666 g/mol. The second-order valence-electron chi connectivity index (χ2n) is 13.8. The van der Waals surface area contributed by atoms with Crippen molar-refractivity contribution in [1.82, 2.24) is 9.76 Å². The number of nitrogens with zero attached hydrogens (tertiary/aromatic N) is 1. The molecule has 1 fully saturated rings. The second kappa shape index (κ2) is 16.3. The first-order valence-corrected chi connectivity index (χ1v) is 17.2. The Balaban J connectivity index is 4.16. The van der Waals surface area contributed by atoms with E-state index in [1.165, 1.54) is 55.4 Å². The highest BCUT2D eigenvalue weighted by atomic mass is 35.5. The third-order valence-corrected chi connectivity index (χ3v) is 8.41. The summed E-state index contributed by atoms with van der Waals surface area (Å²) in [7, 11) is -4.68. The van der Waals surface area contributed by atoms with E-state index in [9.17, 15) is 28.6 Å². The van der Waals surface area contributed by atoms with Gasteiger partial charge in [-0.3, -0.25) is 23.7 Å². The van der Waals surface area contributed by atoms with E-state index in [1.54, 1.807) is 0 Å². The molecule has 2 unspecified atom stereocenters. The van der Waals surface area contributed by atoms with Crippen LogP contribution in [0.25, 0.3) is 0 Å². The van der Waals surface area contributed by atoms with Gasteiger partial charge in [0.1, 0.15) is 12.7 Å². The first-order chi connectivity index (χ1) is 22.9. The highest BCUT2D eigenvalue weighted by molar-refractivity contribution is 7.53. The fraction of sp³-hybridized carbons (Fsp3) is 0.867. The van der Waals surface area contributed by atoms with Gasteiger partial charge in [-0.1, -0.05) is 0 Å². The molecular formula is C30H53Cl2N2O11P. The van der Waals surface area contributed by atoms with Crippen molar-refractivity contribution in [3.05, 3.63) is 0 Å². The number of hydrogen-bond acceptors (Lipinski definition) is 10. The van der Waals surface area contributed by atoms with Crippen molar-refractivity contribution in [2.45, 2.75) is 114 Å². The fourth-order valence-electron chi connectivity index (χ4n) is 3.66. The summed E-state index contributed by atoms with van der Waals surface area (Å²) in [5.74, 6) is -4.16. The van der Waals surface area contributed by atoms with Gasteiger partial charge in [0.25, 0.3) is 0 Å². The van der Waals surface area contributed by atoms with E-state index < -0.39 is 118 Å². The minimum Gasteiger partial charge on any atom is -0.462 e. The summed E-state index contributed by atoms with van der Waals surface area (Å²) < 4.78 is 75.5. The molecule has 0 bridgehead atoms. The van der Waals surface area contributed by atoms with E-state index in [2.05, 4.69) is 5.09 Å². The van der Waals surface area contributed by atoms with Gasteiger partial charge in [-0.2, -0.15) is 4.67 Å². The Morgan fingerprint density at radius 1 is 0.783 bits per heavy atom. The Kier molecular flexibility index (Phi) is 12.7. The lowest BCUT2D eigenvalue weighted by Crippen LogP contribution is -2.67. The summed E-state index contributed by atoms with van der Waals surface area (Å²) in [6.07, 6.45) is -8.79. The maximum Gasteiger partial charge on any atom is 0.343 e. The van der Waals surface area contributed by atoms with Crippen molar-refractivity contribution in [3.8, 4) is 0 Å². The minimum absolute atomic E-state index is 0.0858. The Morgan fingerprint density at radius 2 is 1.22 bits per heavy atom. The number of hydrogen-bond donors (Lipinski definition) is 2. The lowest BCUT2D eigenvalue weighted by Gasteiger charge is -2.49.